The van der Waals surface area contributed by atoms with Gasteiger partial charge < -0.3 is 18.5 Å². The Morgan fingerprint density at radius 1 is 1.10 bits per heavy atom. The first-order chi connectivity index (χ1) is 14.0. The number of benzene rings is 1. The Kier molecular flexibility index (Phi) is 5.47. The van der Waals surface area contributed by atoms with Gasteiger partial charge in [0.2, 0.25) is 0 Å². The Morgan fingerprint density at radius 3 is 2.48 bits per heavy atom. The van der Waals surface area contributed by atoms with E-state index < -0.39 is 0 Å². The number of furan rings is 2. The summed E-state index contributed by atoms with van der Waals surface area (Å²) >= 11 is 0. The zero-order valence-corrected chi connectivity index (χ0v) is 17.2. The van der Waals surface area contributed by atoms with Gasteiger partial charge in [0.15, 0.2) is 6.61 Å². The fourth-order valence-corrected chi connectivity index (χ4v) is 3.66. The molecule has 1 aliphatic rings. The number of ether oxygens (including phenoxy) is 1. The second-order valence-corrected chi connectivity index (χ2v) is 8.06. The molecule has 1 saturated carbocycles. The standard InChI is InChI=1S/C24H27NO4/c1-16-9-17(2)11-21(10-16)28-15-24(26)25(13-19-5-4-8-27-19)14-20-6-7-23(29-20)22-12-18(22)3/h4-11,18,22H,12-15H2,1-3H3. The minimum atomic E-state index is -0.113. The lowest BCUT2D eigenvalue weighted by Gasteiger charge is -2.21. The summed E-state index contributed by atoms with van der Waals surface area (Å²) in [5.74, 6) is 4.32. The van der Waals surface area contributed by atoms with Crippen LogP contribution in [0.4, 0.5) is 0 Å². The van der Waals surface area contributed by atoms with Gasteiger partial charge in [-0.05, 0) is 73.7 Å². The van der Waals surface area contributed by atoms with Crippen molar-refractivity contribution in [3.63, 3.8) is 0 Å². The largest absolute Gasteiger partial charge is 0.484 e. The number of carbonyl (C=O) groups excluding carboxylic acids is 1. The molecular weight excluding hydrogens is 366 g/mol. The summed E-state index contributed by atoms with van der Waals surface area (Å²) in [5.41, 5.74) is 2.22. The first-order valence-corrected chi connectivity index (χ1v) is 10.1. The van der Waals surface area contributed by atoms with Crippen molar-refractivity contribution in [1.29, 1.82) is 0 Å². The lowest BCUT2D eigenvalue weighted by Crippen LogP contribution is -2.33. The van der Waals surface area contributed by atoms with Gasteiger partial charge in [-0.1, -0.05) is 13.0 Å². The smallest absolute Gasteiger partial charge is 0.261 e. The lowest BCUT2D eigenvalue weighted by molar-refractivity contribution is -0.135. The molecule has 2 unspecified atom stereocenters. The van der Waals surface area contributed by atoms with Gasteiger partial charge in [0.1, 0.15) is 23.0 Å². The highest BCUT2D eigenvalue weighted by Crippen LogP contribution is 2.47. The van der Waals surface area contributed by atoms with Crippen molar-refractivity contribution in [2.24, 2.45) is 5.92 Å². The van der Waals surface area contributed by atoms with Gasteiger partial charge in [-0.3, -0.25) is 4.79 Å². The normalized spacial score (nSPS) is 17.9. The molecule has 152 valence electrons. The van der Waals surface area contributed by atoms with Crippen LogP contribution in [0.5, 0.6) is 5.75 Å². The van der Waals surface area contributed by atoms with E-state index in [1.165, 1.54) is 6.42 Å². The number of hydrogen-bond donors (Lipinski definition) is 0. The van der Waals surface area contributed by atoms with E-state index in [0.717, 1.165) is 28.4 Å². The monoisotopic (exact) mass is 393 g/mol. The summed E-state index contributed by atoms with van der Waals surface area (Å²) in [6.45, 7) is 6.98. The minimum absolute atomic E-state index is 0.0309. The molecular formula is C24H27NO4. The summed E-state index contributed by atoms with van der Waals surface area (Å²) in [4.78, 5) is 14.6. The van der Waals surface area contributed by atoms with Gasteiger partial charge >= 0.3 is 0 Å². The highest BCUT2D eigenvalue weighted by molar-refractivity contribution is 5.77. The summed E-state index contributed by atoms with van der Waals surface area (Å²) in [7, 11) is 0. The minimum Gasteiger partial charge on any atom is -0.484 e. The summed E-state index contributed by atoms with van der Waals surface area (Å²) in [5, 5.41) is 0. The van der Waals surface area contributed by atoms with E-state index in [4.69, 9.17) is 13.6 Å². The second-order valence-electron chi connectivity index (χ2n) is 8.06. The maximum Gasteiger partial charge on any atom is 0.261 e. The van der Waals surface area contributed by atoms with Crippen molar-refractivity contribution in [2.75, 3.05) is 6.61 Å². The van der Waals surface area contributed by atoms with Crippen LogP contribution in [0.3, 0.4) is 0 Å². The quantitative estimate of drug-likeness (QED) is 0.526. The van der Waals surface area contributed by atoms with E-state index in [-0.39, 0.29) is 12.5 Å². The molecule has 0 bridgehead atoms. The van der Waals surface area contributed by atoms with Crippen molar-refractivity contribution in [3.8, 4) is 5.75 Å². The average molecular weight is 393 g/mol. The first-order valence-electron chi connectivity index (χ1n) is 10.1. The fourth-order valence-electron chi connectivity index (χ4n) is 3.66. The van der Waals surface area contributed by atoms with Crippen LogP contribution in [0.25, 0.3) is 0 Å². The molecule has 4 rings (SSSR count). The average Bonchev–Trinajstić information content (AvgIpc) is 3.07. The zero-order valence-electron chi connectivity index (χ0n) is 17.2. The van der Waals surface area contributed by atoms with E-state index in [2.05, 4.69) is 13.0 Å². The molecule has 5 nitrogen and oxygen atoms in total. The molecule has 0 saturated heterocycles. The van der Waals surface area contributed by atoms with E-state index in [9.17, 15) is 4.79 Å². The van der Waals surface area contributed by atoms with E-state index >= 15 is 0 Å². The van der Waals surface area contributed by atoms with E-state index in [1.807, 2.05) is 50.2 Å². The molecule has 0 N–H and O–H groups in total. The number of nitrogens with zero attached hydrogens (tertiary/aromatic N) is 1. The molecule has 1 aromatic carbocycles. The second kappa shape index (κ2) is 8.19. The van der Waals surface area contributed by atoms with Gasteiger partial charge in [0.25, 0.3) is 5.91 Å². The van der Waals surface area contributed by atoms with Gasteiger partial charge in [0, 0.05) is 5.92 Å². The first kappa shape index (κ1) is 19.4. The van der Waals surface area contributed by atoms with Crippen LogP contribution in [0.2, 0.25) is 0 Å². The molecule has 29 heavy (non-hydrogen) atoms. The Balaban J connectivity index is 1.44. The molecule has 0 aliphatic heterocycles. The Bertz CT molecular complexity index is 952. The van der Waals surface area contributed by atoms with Crippen molar-refractivity contribution < 1.29 is 18.4 Å². The third-order valence-corrected chi connectivity index (χ3v) is 5.34. The third kappa shape index (κ3) is 4.91. The summed E-state index contributed by atoms with van der Waals surface area (Å²) < 4.78 is 17.2. The maximum atomic E-state index is 12.9. The number of aryl methyl sites for hydroxylation is 2. The molecule has 0 radical (unpaired) electrons. The van der Waals surface area contributed by atoms with Crippen LogP contribution < -0.4 is 4.74 Å². The number of carbonyl (C=O) groups is 1. The number of hydrogen-bond acceptors (Lipinski definition) is 4. The Labute approximate surface area is 171 Å². The van der Waals surface area contributed by atoms with Crippen molar-refractivity contribution >= 4 is 5.91 Å². The number of amides is 1. The molecule has 1 aliphatic carbocycles. The zero-order chi connectivity index (χ0) is 20.4. The van der Waals surface area contributed by atoms with Gasteiger partial charge in [-0.2, -0.15) is 0 Å². The van der Waals surface area contributed by atoms with Crippen molar-refractivity contribution in [3.05, 3.63) is 77.1 Å². The Hall–Kier alpha value is -2.95. The van der Waals surface area contributed by atoms with Crippen LogP contribution in [-0.2, 0) is 17.9 Å². The summed E-state index contributed by atoms with van der Waals surface area (Å²) in [6, 6.07) is 13.6. The van der Waals surface area contributed by atoms with Gasteiger partial charge in [-0.25, -0.2) is 0 Å². The predicted octanol–water partition coefficient (Wildman–Crippen LogP) is 5.22. The molecule has 1 amide bonds. The van der Waals surface area contributed by atoms with Crippen LogP contribution in [-0.4, -0.2) is 17.4 Å². The van der Waals surface area contributed by atoms with Crippen LogP contribution in [0, 0.1) is 19.8 Å². The predicted molar refractivity (Wildman–Crippen MR) is 110 cm³/mol. The van der Waals surface area contributed by atoms with Crippen LogP contribution >= 0.6 is 0 Å². The summed E-state index contributed by atoms with van der Waals surface area (Å²) in [6.07, 6.45) is 2.79. The number of rotatable bonds is 8. The maximum absolute atomic E-state index is 12.9. The molecule has 0 spiro atoms. The van der Waals surface area contributed by atoms with E-state index in [0.29, 0.717) is 30.7 Å². The van der Waals surface area contributed by atoms with Crippen LogP contribution in [0.1, 0.15) is 47.7 Å². The fraction of sp³-hybridized carbons (Fsp3) is 0.375. The van der Waals surface area contributed by atoms with Gasteiger partial charge in [0.05, 0.1) is 19.4 Å². The molecule has 5 heteroatoms. The molecule has 1 fully saturated rings. The molecule has 3 aromatic rings. The third-order valence-electron chi connectivity index (χ3n) is 5.34. The Morgan fingerprint density at radius 2 is 1.83 bits per heavy atom. The van der Waals surface area contributed by atoms with Gasteiger partial charge in [-0.15, -0.1) is 0 Å². The topological polar surface area (TPSA) is 55.8 Å². The molecule has 2 atom stereocenters. The van der Waals surface area contributed by atoms with Crippen molar-refractivity contribution in [2.45, 2.75) is 46.2 Å². The van der Waals surface area contributed by atoms with Crippen molar-refractivity contribution in [1.82, 2.24) is 4.90 Å². The highest BCUT2D eigenvalue weighted by Gasteiger charge is 2.36. The van der Waals surface area contributed by atoms with E-state index in [1.54, 1.807) is 11.2 Å². The van der Waals surface area contributed by atoms with Crippen LogP contribution in [0.15, 0.2) is 57.6 Å². The molecule has 2 heterocycles. The molecule has 2 aromatic heterocycles. The lowest BCUT2D eigenvalue weighted by atomic mass is 10.1. The highest BCUT2D eigenvalue weighted by atomic mass is 16.5. The SMILES string of the molecule is Cc1cc(C)cc(OCC(=O)N(Cc2ccco2)Cc2ccc(C3CC3C)o2)c1.